The summed E-state index contributed by atoms with van der Waals surface area (Å²) in [4.78, 5) is 42.2. The number of methoxy groups -OCH3 is 1. The Morgan fingerprint density at radius 2 is 1.94 bits per heavy atom. The van der Waals surface area contributed by atoms with E-state index >= 15 is 0 Å². The van der Waals surface area contributed by atoms with E-state index in [9.17, 15) is 14.4 Å². The molecule has 3 aliphatic rings. The highest BCUT2D eigenvalue weighted by molar-refractivity contribution is 7.98. The number of benzene rings is 2. The zero-order chi connectivity index (χ0) is 22.6. The van der Waals surface area contributed by atoms with Crippen molar-refractivity contribution in [3.8, 4) is 5.75 Å². The van der Waals surface area contributed by atoms with Crippen molar-refractivity contribution in [2.75, 3.05) is 29.3 Å². The molecule has 9 heteroatoms. The lowest BCUT2D eigenvalue weighted by atomic mass is 9.76. The van der Waals surface area contributed by atoms with Crippen molar-refractivity contribution in [2.24, 2.45) is 11.8 Å². The first-order valence-electron chi connectivity index (χ1n) is 10.3. The molecule has 5 rings (SSSR count). The molecule has 0 radical (unpaired) electrons. The van der Waals surface area contributed by atoms with Gasteiger partial charge in [0, 0.05) is 22.3 Å². The lowest BCUT2D eigenvalue weighted by Gasteiger charge is -2.29. The standard InChI is InChI=1S/C23H22ClN3O4S/c1-31-17-8-7-12(24)11-16(17)27-20(28)18-15(9-10-32-2)26-23(19(18)21(27)29)13-5-3-4-6-14(13)25-22(23)30/h3-8,11,15,18-19,26H,9-10H2,1-2H3,(H,25,30). The van der Waals surface area contributed by atoms with E-state index in [0.29, 0.717) is 34.1 Å². The Morgan fingerprint density at radius 1 is 1.16 bits per heavy atom. The van der Waals surface area contributed by atoms with Crippen LogP contribution < -0.4 is 20.3 Å². The maximum absolute atomic E-state index is 13.9. The summed E-state index contributed by atoms with van der Waals surface area (Å²) in [5, 5.41) is 6.72. The van der Waals surface area contributed by atoms with Gasteiger partial charge in [0.25, 0.3) is 0 Å². The maximum atomic E-state index is 13.9. The first-order valence-corrected chi connectivity index (χ1v) is 12.1. The van der Waals surface area contributed by atoms with Crippen LogP contribution in [0, 0.1) is 11.8 Å². The quantitative estimate of drug-likeness (QED) is 0.652. The number of amides is 3. The summed E-state index contributed by atoms with van der Waals surface area (Å²) >= 11 is 7.85. The normalized spacial score (nSPS) is 28.3. The summed E-state index contributed by atoms with van der Waals surface area (Å²) in [6.07, 6.45) is 2.64. The van der Waals surface area contributed by atoms with Crippen LogP contribution in [0.25, 0.3) is 0 Å². The van der Waals surface area contributed by atoms with Gasteiger partial charge in [-0.1, -0.05) is 29.8 Å². The molecule has 2 N–H and O–H groups in total. The number of hydrogen-bond acceptors (Lipinski definition) is 6. The highest BCUT2D eigenvalue weighted by atomic mass is 35.5. The number of hydrogen-bond donors (Lipinski definition) is 2. The van der Waals surface area contributed by atoms with Crippen molar-refractivity contribution in [3.05, 3.63) is 53.1 Å². The molecule has 0 bridgehead atoms. The molecule has 4 unspecified atom stereocenters. The number of halogens is 1. The van der Waals surface area contributed by atoms with Gasteiger partial charge in [-0.25, -0.2) is 4.90 Å². The fourth-order valence-electron chi connectivity index (χ4n) is 5.33. The van der Waals surface area contributed by atoms with Gasteiger partial charge in [-0.15, -0.1) is 0 Å². The highest BCUT2D eigenvalue weighted by Gasteiger charge is 2.70. The van der Waals surface area contributed by atoms with Crippen LogP contribution in [-0.2, 0) is 19.9 Å². The van der Waals surface area contributed by atoms with Crippen LogP contribution in [0.4, 0.5) is 11.4 Å². The lowest BCUT2D eigenvalue weighted by molar-refractivity contribution is -0.130. The molecule has 2 saturated heterocycles. The molecule has 3 heterocycles. The molecular weight excluding hydrogens is 450 g/mol. The minimum atomic E-state index is -1.29. The monoisotopic (exact) mass is 471 g/mol. The van der Waals surface area contributed by atoms with Gasteiger partial charge in [0.2, 0.25) is 17.7 Å². The second kappa shape index (κ2) is 7.79. The molecule has 3 aliphatic heterocycles. The minimum absolute atomic E-state index is 0.301. The van der Waals surface area contributed by atoms with Gasteiger partial charge < -0.3 is 10.1 Å². The van der Waals surface area contributed by atoms with Gasteiger partial charge in [-0.05, 0) is 42.7 Å². The predicted molar refractivity (Wildman–Crippen MR) is 124 cm³/mol. The Labute approximate surface area is 194 Å². The molecule has 166 valence electrons. The number of rotatable bonds is 5. The zero-order valence-corrected chi connectivity index (χ0v) is 19.1. The molecule has 4 atom stereocenters. The van der Waals surface area contributed by atoms with Crippen LogP contribution in [0.1, 0.15) is 12.0 Å². The van der Waals surface area contributed by atoms with E-state index in [-0.39, 0.29) is 17.9 Å². The van der Waals surface area contributed by atoms with Crippen LogP contribution in [0.3, 0.4) is 0 Å². The first-order chi connectivity index (χ1) is 15.4. The number of fused-ring (bicyclic) bond motifs is 4. The Kier molecular flexibility index (Phi) is 5.19. The maximum Gasteiger partial charge on any atom is 0.250 e. The summed E-state index contributed by atoms with van der Waals surface area (Å²) < 4.78 is 5.41. The van der Waals surface area contributed by atoms with E-state index in [0.717, 1.165) is 10.7 Å². The zero-order valence-electron chi connectivity index (χ0n) is 17.6. The second-order valence-electron chi connectivity index (χ2n) is 8.17. The third-order valence-electron chi connectivity index (χ3n) is 6.64. The first kappa shape index (κ1) is 21.3. The average Bonchev–Trinajstić information content (AvgIpc) is 3.37. The van der Waals surface area contributed by atoms with Gasteiger partial charge in [-0.3, -0.25) is 19.7 Å². The number of thioether (sulfide) groups is 1. The number of ether oxygens (including phenoxy) is 1. The molecule has 0 aliphatic carbocycles. The van der Waals surface area contributed by atoms with E-state index in [1.54, 1.807) is 30.0 Å². The number of nitrogens with zero attached hydrogens (tertiary/aromatic N) is 1. The van der Waals surface area contributed by atoms with Crippen LogP contribution in [0.5, 0.6) is 5.75 Å². The smallest absolute Gasteiger partial charge is 0.250 e. The fourth-order valence-corrected chi connectivity index (χ4v) is 5.98. The van der Waals surface area contributed by atoms with Crippen molar-refractivity contribution >= 4 is 52.5 Å². The Morgan fingerprint density at radius 3 is 2.69 bits per heavy atom. The topological polar surface area (TPSA) is 87.7 Å². The predicted octanol–water partition coefficient (Wildman–Crippen LogP) is 3.03. The number of nitrogens with one attached hydrogen (secondary N) is 2. The van der Waals surface area contributed by atoms with Crippen molar-refractivity contribution in [3.63, 3.8) is 0 Å². The van der Waals surface area contributed by atoms with Crippen LogP contribution in [-0.4, -0.2) is 42.9 Å². The third kappa shape index (κ3) is 2.82. The fraction of sp³-hybridized carbons (Fsp3) is 0.348. The Bertz CT molecular complexity index is 1140. The molecule has 2 aromatic rings. The summed E-state index contributed by atoms with van der Waals surface area (Å²) in [6.45, 7) is 0. The van der Waals surface area contributed by atoms with E-state index in [1.807, 2.05) is 30.5 Å². The molecule has 0 saturated carbocycles. The largest absolute Gasteiger partial charge is 0.495 e. The Hall–Kier alpha value is -2.55. The van der Waals surface area contributed by atoms with Crippen molar-refractivity contribution in [2.45, 2.75) is 18.0 Å². The van der Waals surface area contributed by atoms with Crippen LogP contribution in [0.2, 0.25) is 5.02 Å². The summed E-state index contributed by atoms with van der Waals surface area (Å²) in [5.74, 6) is -1.44. The summed E-state index contributed by atoms with van der Waals surface area (Å²) in [6, 6.07) is 11.8. The third-order valence-corrected chi connectivity index (χ3v) is 7.52. The highest BCUT2D eigenvalue weighted by Crippen LogP contribution is 2.54. The number of anilines is 2. The van der Waals surface area contributed by atoms with Gasteiger partial charge in [0.05, 0.1) is 24.6 Å². The number of para-hydroxylation sites is 1. The second-order valence-corrected chi connectivity index (χ2v) is 9.59. The molecule has 2 aromatic carbocycles. The van der Waals surface area contributed by atoms with E-state index in [4.69, 9.17) is 16.3 Å². The molecule has 3 amide bonds. The molecule has 7 nitrogen and oxygen atoms in total. The Balaban J connectivity index is 1.67. The summed E-state index contributed by atoms with van der Waals surface area (Å²) in [7, 11) is 1.48. The van der Waals surface area contributed by atoms with E-state index in [1.165, 1.54) is 7.11 Å². The molecular formula is C23H22ClN3O4S. The van der Waals surface area contributed by atoms with Gasteiger partial charge in [-0.2, -0.15) is 11.8 Å². The van der Waals surface area contributed by atoms with Gasteiger partial charge in [0.1, 0.15) is 11.3 Å². The molecule has 0 aromatic heterocycles. The van der Waals surface area contributed by atoms with Crippen molar-refractivity contribution in [1.82, 2.24) is 5.32 Å². The molecule has 1 spiro atoms. The average molecular weight is 472 g/mol. The minimum Gasteiger partial charge on any atom is -0.495 e. The number of imide groups is 1. The molecule has 2 fully saturated rings. The van der Waals surface area contributed by atoms with Crippen LogP contribution in [0.15, 0.2) is 42.5 Å². The van der Waals surface area contributed by atoms with E-state index < -0.39 is 23.3 Å². The van der Waals surface area contributed by atoms with Crippen molar-refractivity contribution < 1.29 is 19.1 Å². The van der Waals surface area contributed by atoms with Gasteiger partial charge >= 0.3 is 0 Å². The number of carbonyl (C=O) groups is 3. The molecule has 32 heavy (non-hydrogen) atoms. The summed E-state index contributed by atoms with van der Waals surface area (Å²) in [5.41, 5.74) is 0.369. The van der Waals surface area contributed by atoms with E-state index in [2.05, 4.69) is 10.6 Å². The van der Waals surface area contributed by atoms with Crippen LogP contribution >= 0.6 is 23.4 Å². The lowest BCUT2D eigenvalue weighted by Crippen LogP contribution is -2.53. The number of carbonyl (C=O) groups excluding carboxylic acids is 3. The van der Waals surface area contributed by atoms with Crippen molar-refractivity contribution in [1.29, 1.82) is 0 Å². The SMILES string of the molecule is COc1ccc(Cl)cc1N1C(=O)C2C(CCSC)NC3(C(=O)Nc4ccccc43)C2C1=O. The van der Waals surface area contributed by atoms with Gasteiger partial charge in [0.15, 0.2) is 0 Å².